The zero-order chi connectivity index (χ0) is 18.3. The quantitative estimate of drug-likeness (QED) is 0.481. The molecule has 25 heavy (non-hydrogen) atoms. The molecule has 130 valence electrons. The summed E-state index contributed by atoms with van der Waals surface area (Å²) in [5.41, 5.74) is 1.98. The first-order valence-corrected chi connectivity index (χ1v) is 9.23. The Morgan fingerprint density at radius 1 is 1.40 bits per heavy atom. The lowest BCUT2D eigenvalue weighted by Crippen LogP contribution is -2.42. The largest absolute Gasteiger partial charge is 0.481 e. The van der Waals surface area contributed by atoms with Gasteiger partial charge in [-0.25, -0.2) is 4.79 Å². The smallest absolute Gasteiger partial charge is 0.327 e. The molecule has 1 amide bonds. The van der Waals surface area contributed by atoms with E-state index in [1.165, 1.54) is 16.7 Å². The Hall–Kier alpha value is -1.91. The number of aliphatic carboxylic acids is 2. The van der Waals surface area contributed by atoms with Gasteiger partial charge in [0.25, 0.3) is 5.91 Å². The van der Waals surface area contributed by atoms with E-state index >= 15 is 0 Å². The molecular weight excluding hydrogens is 432 g/mol. The van der Waals surface area contributed by atoms with E-state index in [1.54, 1.807) is 18.2 Å². The molecule has 1 fully saturated rings. The summed E-state index contributed by atoms with van der Waals surface area (Å²) in [5.74, 6) is -2.62. The van der Waals surface area contributed by atoms with Crippen molar-refractivity contribution >= 4 is 73.3 Å². The number of anilines is 1. The second kappa shape index (κ2) is 6.77. The third kappa shape index (κ3) is 3.29. The lowest BCUT2D eigenvalue weighted by Gasteiger charge is -2.26. The second-order valence-electron chi connectivity index (χ2n) is 5.34. The highest BCUT2D eigenvalue weighted by molar-refractivity contribution is 9.10. The molecular formula is C15H11BrN2O5S2. The number of thioether (sulfide) groups is 1. The number of thiocarbonyl (C=S) groups is 1. The number of nitrogens with zero attached hydrogens (tertiary/aromatic N) is 1. The van der Waals surface area contributed by atoms with Crippen molar-refractivity contribution in [1.82, 2.24) is 4.90 Å². The van der Waals surface area contributed by atoms with Crippen molar-refractivity contribution in [2.45, 2.75) is 12.5 Å². The van der Waals surface area contributed by atoms with Gasteiger partial charge in [0.15, 0.2) is 0 Å². The average molecular weight is 443 g/mol. The Kier molecular flexibility index (Phi) is 4.85. The van der Waals surface area contributed by atoms with Crippen molar-refractivity contribution in [1.29, 1.82) is 0 Å². The van der Waals surface area contributed by atoms with Gasteiger partial charge in [0, 0.05) is 27.2 Å². The van der Waals surface area contributed by atoms with Gasteiger partial charge in [0.2, 0.25) is 0 Å². The summed E-state index contributed by atoms with van der Waals surface area (Å²) in [6.45, 7) is 0. The van der Waals surface area contributed by atoms with Gasteiger partial charge in [-0.1, -0.05) is 39.9 Å². The Bertz CT molecular complexity index is 854. The number of fused-ring (bicyclic) bond motifs is 1. The number of carboxylic acid groups (broad SMARTS) is 2. The van der Waals surface area contributed by atoms with Crippen LogP contribution in [0.25, 0.3) is 5.57 Å². The number of benzene rings is 1. The second-order valence-corrected chi connectivity index (χ2v) is 7.87. The average Bonchev–Trinajstić information content (AvgIpc) is 3.03. The van der Waals surface area contributed by atoms with E-state index in [-0.39, 0.29) is 10.2 Å². The van der Waals surface area contributed by atoms with E-state index in [4.69, 9.17) is 17.3 Å². The number of halogens is 1. The van der Waals surface area contributed by atoms with Crippen molar-refractivity contribution in [3.8, 4) is 0 Å². The SMILES string of the molecule is O=C(O)CC(C(=O)O)N1C(=S)SC/C1=C1/C(=O)Nc2ccc(Br)cc21. The highest BCUT2D eigenvalue weighted by Crippen LogP contribution is 2.41. The number of hydrogen-bond donors (Lipinski definition) is 3. The van der Waals surface area contributed by atoms with Gasteiger partial charge in [0.05, 0.1) is 12.0 Å². The van der Waals surface area contributed by atoms with Gasteiger partial charge in [-0.2, -0.15) is 0 Å². The van der Waals surface area contributed by atoms with Crippen molar-refractivity contribution in [3.05, 3.63) is 33.9 Å². The topological polar surface area (TPSA) is 107 Å². The van der Waals surface area contributed by atoms with Crippen LogP contribution >= 0.6 is 39.9 Å². The Morgan fingerprint density at radius 3 is 2.76 bits per heavy atom. The van der Waals surface area contributed by atoms with Crippen LogP contribution in [0.4, 0.5) is 5.69 Å². The predicted molar refractivity (Wildman–Crippen MR) is 100 cm³/mol. The fourth-order valence-electron chi connectivity index (χ4n) is 2.77. The number of carboxylic acids is 2. The molecule has 10 heteroatoms. The van der Waals surface area contributed by atoms with E-state index in [0.717, 1.165) is 4.47 Å². The fraction of sp³-hybridized carbons (Fsp3) is 0.200. The first-order valence-electron chi connectivity index (χ1n) is 7.04. The van der Waals surface area contributed by atoms with Crippen molar-refractivity contribution < 1.29 is 24.6 Å². The summed E-state index contributed by atoms with van der Waals surface area (Å²) in [6, 6.07) is 3.91. The predicted octanol–water partition coefficient (Wildman–Crippen LogP) is 2.37. The van der Waals surface area contributed by atoms with Crippen LogP contribution in [0.3, 0.4) is 0 Å². The summed E-state index contributed by atoms with van der Waals surface area (Å²) in [5, 5.41) is 21.2. The monoisotopic (exact) mass is 442 g/mol. The van der Waals surface area contributed by atoms with E-state index in [9.17, 15) is 19.5 Å². The Morgan fingerprint density at radius 2 is 2.12 bits per heavy atom. The molecule has 0 saturated carbocycles. The lowest BCUT2D eigenvalue weighted by molar-refractivity contribution is -0.147. The zero-order valence-electron chi connectivity index (χ0n) is 12.5. The van der Waals surface area contributed by atoms with Gasteiger partial charge >= 0.3 is 11.9 Å². The molecule has 2 heterocycles. The van der Waals surface area contributed by atoms with Crippen LogP contribution in [-0.2, 0) is 14.4 Å². The van der Waals surface area contributed by atoms with Crippen LogP contribution in [0.5, 0.6) is 0 Å². The molecule has 0 spiro atoms. The first kappa shape index (κ1) is 17.9. The molecule has 2 aliphatic heterocycles. The van der Waals surface area contributed by atoms with Crippen molar-refractivity contribution in [2.24, 2.45) is 0 Å². The first-order chi connectivity index (χ1) is 11.8. The minimum Gasteiger partial charge on any atom is -0.481 e. The number of hydrogen-bond acceptors (Lipinski definition) is 5. The number of carbonyl (C=O) groups is 3. The fourth-order valence-corrected chi connectivity index (χ4v) is 4.46. The highest BCUT2D eigenvalue weighted by Gasteiger charge is 2.40. The Balaban J connectivity index is 2.15. The van der Waals surface area contributed by atoms with Gasteiger partial charge < -0.3 is 20.4 Å². The molecule has 1 unspecified atom stereocenters. The molecule has 1 saturated heterocycles. The van der Waals surface area contributed by atoms with Crippen LogP contribution in [0.1, 0.15) is 12.0 Å². The molecule has 0 radical (unpaired) electrons. The van der Waals surface area contributed by atoms with Gasteiger partial charge in [-0.15, -0.1) is 0 Å². The number of carbonyl (C=O) groups excluding carboxylic acids is 1. The molecule has 3 N–H and O–H groups in total. The number of rotatable bonds is 4. The van der Waals surface area contributed by atoms with Crippen molar-refractivity contribution in [2.75, 3.05) is 11.1 Å². The van der Waals surface area contributed by atoms with E-state index in [2.05, 4.69) is 21.2 Å². The normalized spacial score (nSPS) is 20.4. The third-order valence-electron chi connectivity index (χ3n) is 3.80. The molecule has 1 aromatic carbocycles. The van der Waals surface area contributed by atoms with E-state index < -0.39 is 24.4 Å². The Labute approximate surface area is 160 Å². The van der Waals surface area contributed by atoms with Gasteiger partial charge in [-0.05, 0) is 18.2 Å². The summed E-state index contributed by atoms with van der Waals surface area (Å²) < 4.78 is 1.01. The molecule has 3 rings (SSSR count). The summed E-state index contributed by atoms with van der Waals surface area (Å²) >= 11 is 9.78. The summed E-state index contributed by atoms with van der Waals surface area (Å²) in [4.78, 5) is 36.4. The van der Waals surface area contributed by atoms with E-state index in [1.807, 2.05) is 0 Å². The molecule has 2 aliphatic rings. The third-order valence-corrected chi connectivity index (χ3v) is 5.70. The minimum absolute atomic E-state index is 0.243. The van der Waals surface area contributed by atoms with Gasteiger partial charge in [-0.3, -0.25) is 9.59 Å². The van der Waals surface area contributed by atoms with Gasteiger partial charge in [0.1, 0.15) is 10.4 Å². The molecule has 1 aromatic rings. The molecule has 0 bridgehead atoms. The highest BCUT2D eigenvalue weighted by atomic mass is 79.9. The maximum absolute atomic E-state index is 12.5. The maximum Gasteiger partial charge on any atom is 0.327 e. The molecule has 7 nitrogen and oxygen atoms in total. The van der Waals surface area contributed by atoms with Crippen LogP contribution in [0, 0.1) is 0 Å². The van der Waals surface area contributed by atoms with Crippen LogP contribution in [0.2, 0.25) is 0 Å². The summed E-state index contributed by atoms with van der Waals surface area (Å²) in [6.07, 6.45) is -0.625. The van der Waals surface area contributed by atoms with Crippen LogP contribution < -0.4 is 5.32 Å². The lowest BCUT2D eigenvalue weighted by atomic mass is 10.0. The number of nitrogens with one attached hydrogen (secondary N) is 1. The van der Waals surface area contributed by atoms with E-state index in [0.29, 0.717) is 28.3 Å². The van der Waals surface area contributed by atoms with Crippen LogP contribution in [-0.4, -0.2) is 49.1 Å². The summed E-state index contributed by atoms with van der Waals surface area (Å²) in [7, 11) is 0. The zero-order valence-corrected chi connectivity index (χ0v) is 15.7. The van der Waals surface area contributed by atoms with Crippen LogP contribution in [0.15, 0.2) is 28.4 Å². The van der Waals surface area contributed by atoms with Crippen molar-refractivity contribution in [3.63, 3.8) is 0 Å². The molecule has 1 atom stereocenters. The molecule has 0 aliphatic carbocycles. The minimum atomic E-state index is -1.37. The number of amides is 1. The standard InChI is InChI=1S/C15H11BrN2O5S2/c16-6-1-2-8-7(3-6)12(13(21)17-8)10-5-25-15(24)18(10)9(14(22)23)4-11(19)20/h1-3,9H,4-5H2,(H,17,21)(H,19,20)(H,22,23)/b12-10-. The molecule has 0 aromatic heterocycles. The maximum atomic E-state index is 12.5.